The molecule has 0 bridgehead atoms. The predicted octanol–water partition coefficient (Wildman–Crippen LogP) is 11.2. The number of nitrogens with one attached hydrogen (secondary N) is 1. The zero-order valence-corrected chi connectivity index (χ0v) is 30.1. The average Bonchev–Trinajstić information content (AvgIpc) is 3.56. The molecule has 6 aromatic carbocycles. The Balaban J connectivity index is 1.27. The molecule has 1 aromatic heterocycles. The van der Waals surface area contributed by atoms with Crippen LogP contribution in [0.2, 0.25) is 0 Å². The predicted molar refractivity (Wildman–Crippen MR) is 213 cm³/mol. The van der Waals surface area contributed by atoms with E-state index in [2.05, 4.69) is 102 Å². The Hall–Kier alpha value is -6.36. The Bertz CT molecular complexity index is 2160. The first kappa shape index (κ1) is 35.1. The van der Waals surface area contributed by atoms with Crippen LogP contribution in [0.5, 0.6) is 5.75 Å². The minimum Gasteiger partial charge on any atom is -0.467 e. The number of carbonyl (C=O) groups excluding carboxylic acids is 2. The van der Waals surface area contributed by atoms with Gasteiger partial charge >= 0.3 is 12.1 Å². The molecule has 7 rings (SSSR count). The van der Waals surface area contributed by atoms with Gasteiger partial charge in [-0.2, -0.15) is 0 Å². The van der Waals surface area contributed by atoms with Crippen LogP contribution in [0.25, 0.3) is 44.0 Å². The van der Waals surface area contributed by atoms with Crippen molar-refractivity contribution in [2.24, 2.45) is 0 Å². The summed E-state index contributed by atoms with van der Waals surface area (Å²) in [5, 5.41) is 4.95. The van der Waals surface area contributed by atoms with Crippen molar-refractivity contribution in [3.63, 3.8) is 0 Å². The van der Waals surface area contributed by atoms with Crippen molar-refractivity contribution in [1.82, 2.24) is 5.32 Å². The molecule has 0 aliphatic carbocycles. The summed E-state index contributed by atoms with van der Waals surface area (Å²) in [5.41, 5.74) is 8.39. The highest BCUT2D eigenvalue weighted by atomic mass is 31.1. The van der Waals surface area contributed by atoms with Gasteiger partial charge in [-0.15, -0.1) is 0 Å². The molecule has 1 heterocycles. The number of esters is 1. The van der Waals surface area contributed by atoms with Crippen LogP contribution >= 0.6 is 7.76 Å². The highest BCUT2D eigenvalue weighted by Crippen LogP contribution is 2.62. The van der Waals surface area contributed by atoms with Crippen LogP contribution in [0.4, 0.5) is 4.79 Å². The lowest BCUT2D eigenvalue weighted by Crippen LogP contribution is -2.43. The Morgan fingerprint density at radius 1 is 0.547 bits per heavy atom. The summed E-state index contributed by atoms with van der Waals surface area (Å²) < 4.78 is 17.5. The summed E-state index contributed by atoms with van der Waals surface area (Å²) in [7, 11) is -0.0880. The molecule has 0 spiro atoms. The van der Waals surface area contributed by atoms with Gasteiger partial charge in [-0.05, 0) is 45.5 Å². The fourth-order valence-corrected chi connectivity index (χ4v) is 8.79. The van der Waals surface area contributed by atoms with Gasteiger partial charge in [-0.1, -0.05) is 164 Å². The number of hydrogen-bond acceptors (Lipinski definition) is 5. The van der Waals surface area contributed by atoms with Crippen molar-refractivity contribution < 1.29 is 23.6 Å². The van der Waals surface area contributed by atoms with Crippen molar-refractivity contribution in [3.8, 4) is 49.7 Å². The topological polar surface area (TPSA) is 73.9 Å². The summed E-state index contributed by atoms with van der Waals surface area (Å²) in [4.78, 5) is 25.4. The van der Waals surface area contributed by atoms with Gasteiger partial charge in [0.05, 0.1) is 14.9 Å². The van der Waals surface area contributed by atoms with Crippen molar-refractivity contribution in [2.75, 3.05) is 7.11 Å². The Morgan fingerprint density at radius 2 is 0.981 bits per heavy atom. The van der Waals surface area contributed by atoms with Gasteiger partial charge in [-0.3, -0.25) is 0 Å². The maximum atomic E-state index is 12.7. The number of hydrogen-bond donors (Lipinski definition) is 1. The second-order valence-corrected chi connectivity index (χ2v) is 14.1. The zero-order chi connectivity index (χ0) is 36.4. The van der Waals surface area contributed by atoms with E-state index in [1.807, 2.05) is 78.9 Å². The van der Waals surface area contributed by atoms with E-state index in [0.717, 1.165) is 55.1 Å². The molecule has 0 saturated carbocycles. The summed E-state index contributed by atoms with van der Waals surface area (Å²) in [5.74, 6) is 0.127. The van der Waals surface area contributed by atoms with E-state index in [1.54, 1.807) is 0 Å². The summed E-state index contributed by atoms with van der Waals surface area (Å²) >= 11 is 0. The van der Waals surface area contributed by atoms with Crippen molar-refractivity contribution >= 4 is 19.8 Å². The zero-order valence-electron chi connectivity index (χ0n) is 29.2. The largest absolute Gasteiger partial charge is 0.467 e. The second-order valence-electron chi connectivity index (χ2n) is 12.4. The lowest BCUT2D eigenvalue weighted by molar-refractivity contribution is -0.143. The number of methoxy groups -OCH3 is 1. The van der Waals surface area contributed by atoms with Gasteiger partial charge in [0, 0.05) is 28.1 Å². The first-order chi connectivity index (χ1) is 26.1. The van der Waals surface area contributed by atoms with E-state index in [1.165, 1.54) is 7.11 Å². The molecule has 262 valence electrons. The molecule has 1 amide bonds. The summed E-state index contributed by atoms with van der Waals surface area (Å²) in [6, 6.07) is 58.1. The van der Waals surface area contributed by atoms with E-state index in [-0.39, 0.29) is 13.0 Å². The van der Waals surface area contributed by atoms with Crippen LogP contribution < -0.4 is 9.84 Å². The van der Waals surface area contributed by atoms with Crippen LogP contribution in [0.3, 0.4) is 0 Å². The molecule has 0 radical (unpaired) electrons. The lowest BCUT2D eigenvalue weighted by atomic mass is 9.91. The molecule has 0 saturated heterocycles. The van der Waals surface area contributed by atoms with Crippen LogP contribution in [0.1, 0.15) is 11.1 Å². The Labute approximate surface area is 310 Å². The smallest absolute Gasteiger partial charge is 0.408 e. The number of benzene rings is 6. The van der Waals surface area contributed by atoms with Crippen LogP contribution in [0.15, 0.2) is 176 Å². The SMILES string of the molecule is COC(=O)[C@H](Cc1ccc(Op2c(-c3ccccc3)c(-c3ccccc3)c(-c3ccccc3)c2-c2ccccc2)cc1)NC(=O)OCc1ccccc1. The first-order valence-electron chi connectivity index (χ1n) is 17.4. The molecule has 0 fully saturated rings. The van der Waals surface area contributed by atoms with E-state index >= 15 is 0 Å². The minimum atomic E-state index is -1.39. The fraction of sp³-hybridized carbons (Fsp3) is 0.0870. The standard InChI is InChI=1S/C46H38NO5P/c1-50-45(48)40(47-46(49)51-32-34-17-7-2-8-18-34)31-33-27-29-39(30-28-33)52-53-43(37-23-13-5-14-24-37)41(35-19-9-3-10-20-35)42(36-21-11-4-12-22-36)44(53)38-25-15-6-16-26-38/h2-30,40H,31-32H2,1H3,(H,47,49)/t40-/m0/s1. The van der Waals surface area contributed by atoms with Crippen molar-refractivity contribution in [3.05, 3.63) is 187 Å². The van der Waals surface area contributed by atoms with E-state index < -0.39 is 25.9 Å². The lowest BCUT2D eigenvalue weighted by Gasteiger charge is -2.17. The van der Waals surface area contributed by atoms with E-state index in [9.17, 15) is 9.59 Å². The maximum absolute atomic E-state index is 12.7. The Kier molecular flexibility index (Phi) is 11.1. The van der Waals surface area contributed by atoms with E-state index in [0.29, 0.717) is 5.75 Å². The maximum Gasteiger partial charge on any atom is 0.408 e. The van der Waals surface area contributed by atoms with Crippen LogP contribution in [0, 0.1) is 0 Å². The average molecular weight is 716 g/mol. The number of carbonyl (C=O) groups is 2. The molecule has 7 heteroatoms. The molecule has 53 heavy (non-hydrogen) atoms. The minimum absolute atomic E-state index is 0.0897. The van der Waals surface area contributed by atoms with Crippen LogP contribution in [-0.4, -0.2) is 25.2 Å². The molecule has 0 aliphatic rings. The third-order valence-corrected chi connectivity index (χ3v) is 11.1. The van der Waals surface area contributed by atoms with Crippen LogP contribution in [-0.2, 0) is 27.3 Å². The Morgan fingerprint density at radius 3 is 1.43 bits per heavy atom. The molecule has 7 aromatic rings. The molecule has 1 atom stereocenters. The van der Waals surface area contributed by atoms with Gasteiger partial charge in [0.1, 0.15) is 18.4 Å². The van der Waals surface area contributed by atoms with Crippen molar-refractivity contribution in [2.45, 2.75) is 19.1 Å². The first-order valence-corrected chi connectivity index (χ1v) is 18.7. The third-order valence-electron chi connectivity index (χ3n) is 8.90. The van der Waals surface area contributed by atoms with Gasteiger partial charge < -0.3 is 19.3 Å². The summed E-state index contributed by atoms with van der Waals surface area (Å²) in [6.07, 6.45) is -0.486. The second kappa shape index (κ2) is 16.8. The normalized spacial score (nSPS) is 11.3. The van der Waals surface area contributed by atoms with Gasteiger partial charge in [-0.25, -0.2) is 9.59 Å². The molecule has 0 aliphatic heterocycles. The number of amides is 1. The summed E-state index contributed by atoms with van der Waals surface area (Å²) in [6.45, 7) is 0.0897. The monoisotopic (exact) mass is 715 g/mol. The third kappa shape index (κ3) is 8.25. The highest BCUT2D eigenvalue weighted by Gasteiger charge is 2.29. The van der Waals surface area contributed by atoms with Gasteiger partial charge in [0.25, 0.3) is 0 Å². The molecule has 0 unspecified atom stereocenters. The number of rotatable bonds is 12. The van der Waals surface area contributed by atoms with Gasteiger partial charge in [0.2, 0.25) is 0 Å². The number of ether oxygens (including phenoxy) is 2. The van der Waals surface area contributed by atoms with Crippen molar-refractivity contribution in [1.29, 1.82) is 0 Å². The fourth-order valence-electron chi connectivity index (χ4n) is 6.40. The van der Waals surface area contributed by atoms with Gasteiger partial charge in [0.15, 0.2) is 0 Å². The molecular weight excluding hydrogens is 677 g/mol. The molecule has 6 nitrogen and oxygen atoms in total. The highest BCUT2D eigenvalue weighted by molar-refractivity contribution is 7.53. The quantitative estimate of drug-likeness (QED) is 0.128. The number of alkyl carbamates (subject to hydrolysis) is 1. The van der Waals surface area contributed by atoms with E-state index in [4.69, 9.17) is 14.0 Å². The molecular formula is C46H38NO5P. The molecule has 1 N–H and O–H groups in total.